The maximum atomic E-state index is 14.7. The lowest BCUT2D eigenvalue weighted by Gasteiger charge is -2.36. The quantitative estimate of drug-likeness (QED) is 0.737. The molecule has 2 aromatic rings. The number of nitrogens with two attached hydrogens (primary N) is 1. The summed E-state index contributed by atoms with van der Waals surface area (Å²) in [7, 11) is -4.02. The van der Waals surface area contributed by atoms with Crippen LogP contribution in [0.1, 0.15) is 22.8 Å². The van der Waals surface area contributed by atoms with Gasteiger partial charge in [-0.2, -0.15) is 5.26 Å². The minimum absolute atomic E-state index is 0.0844. The van der Waals surface area contributed by atoms with Gasteiger partial charge in [0.15, 0.2) is 11.6 Å². The minimum Gasteiger partial charge on any atom is -0.481 e. The number of halogens is 2. The molecule has 1 fully saturated rings. The maximum absolute atomic E-state index is 14.7. The lowest BCUT2D eigenvalue weighted by Crippen LogP contribution is -2.50. The highest BCUT2D eigenvalue weighted by atomic mass is 35.5. The second kappa shape index (κ2) is 8.13. The number of sulfonamides is 1. The molecule has 2 atom stereocenters. The van der Waals surface area contributed by atoms with E-state index in [1.54, 1.807) is 12.1 Å². The van der Waals surface area contributed by atoms with E-state index < -0.39 is 21.9 Å². The molecule has 0 radical (unpaired) electrons. The van der Waals surface area contributed by atoms with Crippen molar-refractivity contribution in [2.75, 3.05) is 26.2 Å². The van der Waals surface area contributed by atoms with Crippen molar-refractivity contribution in [2.24, 2.45) is 5.14 Å². The van der Waals surface area contributed by atoms with Crippen LogP contribution in [-0.2, 0) is 16.4 Å². The second-order valence-corrected chi connectivity index (χ2v) is 9.36. The van der Waals surface area contributed by atoms with E-state index >= 15 is 0 Å². The molecule has 0 spiro atoms. The van der Waals surface area contributed by atoms with Crippen LogP contribution < -0.4 is 15.2 Å². The Morgan fingerprint density at radius 1 is 1.27 bits per heavy atom. The largest absolute Gasteiger partial charge is 0.481 e. The summed E-state index contributed by atoms with van der Waals surface area (Å²) in [5.74, 6) is -0.907. The van der Waals surface area contributed by atoms with Gasteiger partial charge in [0.25, 0.3) is 0 Å². The molecule has 1 aliphatic carbocycles. The zero-order chi connectivity index (χ0) is 21.5. The van der Waals surface area contributed by atoms with Crippen LogP contribution in [0.3, 0.4) is 0 Å². The van der Waals surface area contributed by atoms with E-state index in [0.29, 0.717) is 17.0 Å². The monoisotopic (exact) mass is 450 g/mol. The summed E-state index contributed by atoms with van der Waals surface area (Å²) in [4.78, 5) is 1.93. The van der Waals surface area contributed by atoms with Crippen molar-refractivity contribution in [2.45, 2.75) is 23.5 Å². The Bertz CT molecular complexity index is 1130. The lowest BCUT2D eigenvalue weighted by atomic mass is 10.0. The predicted molar refractivity (Wildman–Crippen MR) is 109 cm³/mol. The van der Waals surface area contributed by atoms with Gasteiger partial charge in [-0.25, -0.2) is 17.9 Å². The van der Waals surface area contributed by atoms with Gasteiger partial charge in [0, 0.05) is 31.2 Å². The van der Waals surface area contributed by atoms with Gasteiger partial charge in [-0.1, -0.05) is 11.6 Å². The van der Waals surface area contributed by atoms with Crippen molar-refractivity contribution in [3.8, 4) is 11.8 Å². The number of fused-ring (bicyclic) bond motifs is 1. The van der Waals surface area contributed by atoms with E-state index in [0.717, 1.165) is 43.4 Å². The lowest BCUT2D eigenvalue weighted by molar-refractivity contribution is 0.0667. The van der Waals surface area contributed by atoms with Gasteiger partial charge >= 0.3 is 0 Å². The third-order valence-electron chi connectivity index (χ3n) is 5.55. The fourth-order valence-corrected chi connectivity index (χ4v) is 4.88. The molecule has 3 N–H and O–H groups in total. The van der Waals surface area contributed by atoms with Gasteiger partial charge in [-0.3, -0.25) is 4.90 Å². The van der Waals surface area contributed by atoms with Crippen LogP contribution in [0.5, 0.6) is 5.75 Å². The topological polar surface area (TPSA) is 108 Å². The summed E-state index contributed by atoms with van der Waals surface area (Å²) < 4.78 is 43.7. The van der Waals surface area contributed by atoms with Crippen LogP contribution in [-0.4, -0.2) is 45.5 Å². The van der Waals surface area contributed by atoms with Gasteiger partial charge in [0.05, 0.1) is 22.6 Å². The highest BCUT2D eigenvalue weighted by Gasteiger charge is 2.40. The van der Waals surface area contributed by atoms with Crippen molar-refractivity contribution in [3.05, 3.63) is 57.9 Å². The molecule has 1 heterocycles. The summed E-state index contributed by atoms with van der Waals surface area (Å²) >= 11 is 6.23. The van der Waals surface area contributed by atoms with E-state index in [-0.39, 0.29) is 16.7 Å². The summed E-state index contributed by atoms with van der Waals surface area (Å²) in [6.07, 6.45) is 0.0236. The molecule has 10 heteroatoms. The minimum atomic E-state index is -4.02. The van der Waals surface area contributed by atoms with Crippen LogP contribution in [0, 0.1) is 17.1 Å². The van der Waals surface area contributed by atoms with Crippen LogP contribution in [0.25, 0.3) is 0 Å². The average Bonchev–Trinajstić information content (AvgIpc) is 3.07. The van der Waals surface area contributed by atoms with Crippen LogP contribution in [0.15, 0.2) is 35.2 Å². The summed E-state index contributed by atoms with van der Waals surface area (Å²) in [6.45, 7) is 3.23. The zero-order valence-electron chi connectivity index (χ0n) is 15.9. The van der Waals surface area contributed by atoms with Gasteiger partial charge in [-0.15, -0.1) is 0 Å². The fourth-order valence-electron chi connectivity index (χ4n) is 4.13. The molecule has 158 valence electrons. The SMILES string of the molecule is N#Cc1cc(Cl)cc2c1C[C@H](N1CCNCC1)[C@H]2Oc1ccc(S(N)(=O)=O)cc1F. The molecule has 0 aromatic heterocycles. The highest BCUT2D eigenvalue weighted by Crippen LogP contribution is 2.41. The predicted octanol–water partition coefficient (Wildman–Crippen LogP) is 1.95. The Hall–Kier alpha value is -2.22. The van der Waals surface area contributed by atoms with Gasteiger partial charge in [0.1, 0.15) is 6.10 Å². The number of hydrogen-bond donors (Lipinski definition) is 2. The molecule has 2 aliphatic rings. The highest BCUT2D eigenvalue weighted by molar-refractivity contribution is 7.89. The molecule has 0 unspecified atom stereocenters. The summed E-state index contributed by atoms with van der Waals surface area (Å²) in [5, 5.41) is 18.3. The Morgan fingerprint density at radius 3 is 2.63 bits per heavy atom. The molecular weight excluding hydrogens is 431 g/mol. The molecule has 0 saturated carbocycles. The van der Waals surface area contributed by atoms with Crippen molar-refractivity contribution in [1.82, 2.24) is 10.2 Å². The first kappa shape index (κ1) is 21.0. The number of nitriles is 1. The third-order valence-corrected chi connectivity index (χ3v) is 6.67. The first-order chi connectivity index (χ1) is 14.3. The number of primary sulfonamides is 1. The van der Waals surface area contributed by atoms with Gasteiger partial charge in [-0.05, 0) is 47.9 Å². The van der Waals surface area contributed by atoms with Crippen molar-refractivity contribution in [3.63, 3.8) is 0 Å². The average molecular weight is 451 g/mol. The normalized spacial score (nSPS) is 21.8. The number of benzene rings is 2. The first-order valence-electron chi connectivity index (χ1n) is 9.44. The zero-order valence-corrected chi connectivity index (χ0v) is 17.5. The Morgan fingerprint density at radius 2 is 2.00 bits per heavy atom. The number of piperazine rings is 1. The second-order valence-electron chi connectivity index (χ2n) is 7.37. The Labute approximate surface area is 179 Å². The molecule has 1 saturated heterocycles. The fraction of sp³-hybridized carbons (Fsp3) is 0.350. The van der Waals surface area contributed by atoms with Crippen molar-refractivity contribution >= 4 is 21.6 Å². The molecule has 0 amide bonds. The molecule has 2 aromatic carbocycles. The summed E-state index contributed by atoms with van der Waals surface area (Å²) in [6, 6.07) is 8.77. The number of rotatable bonds is 4. The molecule has 1 aliphatic heterocycles. The standard InChI is InChI=1S/C20H20ClFN4O3S/c21-13-7-12(11-23)15-10-18(26-5-3-25-4-6-26)20(16(15)8-13)29-19-2-1-14(9-17(19)22)30(24,27)28/h1-2,7-9,18,20,25H,3-6,10H2,(H2,24,27,28)/t18-,20-/m0/s1. The van der Waals surface area contributed by atoms with Gasteiger partial charge in [0.2, 0.25) is 10.0 Å². The van der Waals surface area contributed by atoms with Crippen molar-refractivity contribution in [1.29, 1.82) is 5.26 Å². The van der Waals surface area contributed by atoms with Crippen LogP contribution in [0.2, 0.25) is 5.02 Å². The van der Waals surface area contributed by atoms with Crippen molar-refractivity contribution < 1.29 is 17.5 Å². The van der Waals surface area contributed by atoms with E-state index in [2.05, 4.69) is 16.3 Å². The number of ether oxygens (including phenoxy) is 1. The summed E-state index contributed by atoms with van der Waals surface area (Å²) in [5.41, 5.74) is 2.07. The van der Waals surface area contributed by atoms with Gasteiger partial charge < -0.3 is 10.1 Å². The smallest absolute Gasteiger partial charge is 0.238 e. The van der Waals surface area contributed by atoms with E-state index in [4.69, 9.17) is 21.5 Å². The van der Waals surface area contributed by atoms with Crippen LogP contribution >= 0.6 is 11.6 Å². The molecule has 4 rings (SSSR count). The molecular formula is C20H20ClFN4O3S. The van der Waals surface area contributed by atoms with E-state index in [1.165, 1.54) is 12.1 Å². The Balaban J connectivity index is 1.74. The first-order valence-corrected chi connectivity index (χ1v) is 11.4. The molecule has 0 bridgehead atoms. The number of nitrogens with zero attached hydrogens (tertiary/aromatic N) is 2. The number of nitrogens with one attached hydrogen (secondary N) is 1. The maximum Gasteiger partial charge on any atom is 0.238 e. The molecule has 7 nitrogen and oxygen atoms in total. The number of hydrogen-bond acceptors (Lipinski definition) is 6. The van der Waals surface area contributed by atoms with E-state index in [1.807, 2.05) is 0 Å². The molecule has 30 heavy (non-hydrogen) atoms. The Kier molecular flexibility index (Phi) is 5.70. The van der Waals surface area contributed by atoms with Crippen LogP contribution in [0.4, 0.5) is 4.39 Å². The van der Waals surface area contributed by atoms with E-state index in [9.17, 15) is 18.1 Å². The third kappa shape index (κ3) is 4.02.